The van der Waals surface area contributed by atoms with Gasteiger partial charge in [0.1, 0.15) is 0 Å². The summed E-state index contributed by atoms with van der Waals surface area (Å²) in [4.78, 5) is 0. The molecule has 0 radical (unpaired) electrons. The second kappa shape index (κ2) is 5.83. The van der Waals surface area contributed by atoms with Crippen molar-refractivity contribution < 1.29 is 8.42 Å². The average molecular weight is 277 g/mol. The largest absolute Gasteiger partial charge is 0.215 e. The Balaban J connectivity index is 2.70. The molecule has 0 fully saturated rings. The summed E-state index contributed by atoms with van der Waals surface area (Å²) < 4.78 is 26.1. The minimum absolute atomic E-state index is 0.0715. The van der Waals surface area contributed by atoms with Crippen molar-refractivity contribution in [2.24, 2.45) is 5.41 Å². The molecule has 5 nitrogen and oxygen atoms in total. The Morgan fingerprint density at radius 1 is 1.21 bits per heavy atom. The Labute approximate surface area is 113 Å². The lowest BCUT2D eigenvalue weighted by atomic mass is 9.97. The third-order valence-electron chi connectivity index (χ3n) is 2.48. The second-order valence-corrected chi connectivity index (χ2v) is 6.69. The number of rotatable bonds is 5. The van der Waals surface area contributed by atoms with E-state index in [1.54, 1.807) is 38.1 Å². The van der Waals surface area contributed by atoms with Crippen LogP contribution < -0.4 is 4.72 Å². The van der Waals surface area contributed by atoms with Crippen LogP contribution in [0.5, 0.6) is 0 Å². The predicted octanol–water partition coefficient (Wildman–Crippen LogP) is 1.53. The van der Waals surface area contributed by atoms with E-state index in [0.29, 0.717) is 11.1 Å². The van der Waals surface area contributed by atoms with Crippen LogP contribution in [0.1, 0.15) is 25.0 Å². The van der Waals surface area contributed by atoms with Crippen LogP contribution in [0.25, 0.3) is 0 Å². The van der Waals surface area contributed by atoms with Crippen molar-refractivity contribution in [3.05, 3.63) is 35.4 Å². The van der Waals surface area contributed by atoms with E-state index >= 15 is 0 Å². The van der Waals surface area contributed by atoms with Gasteiger partial charge in [-0.1, -0.05) is 12.1 Å². The van der Waals surface area contributed by atoms with E-state index in [1.165, 1.54) is 0 Å². The summed E-state index contributed by atoms with van der Waals surface area (Å²) in [6.45, 7) is 3.40. The quantitative estimate of drug-likeness (QED) is 0.883. The highest BCUT2D eigenvalue weighted by molar-refractivity contribution is 7.88. The van der Waals surface area contributed by atoms with E-state index < -0.39 is 15.4 Å². The van der Waals surface area contributed by atoms with Gasteiger partial charge < -0.3 is 0 Å². The van der Waals surface area contributed by atoms with Crippen LogP contribution >= 0.6 is 0 Å². The van der Waals surface area contributed by atoms with Crippen molar-refractivity contribution in [3.63, 3.8) is 0 Å². The van der Waals surface area contributed by atoms with E-state index in [0.717, 1.165) is 0 Å². The molecule has 0 aliphatic carbocycles. The highest BCUT2D eigenvalue weighted by Gasteiger charge is 2.20. The summed E-state index contributed by atoms with van der Waals surface area (Å²) in [6.07, 6.45) is 0. The molecule has 0 heterocycles. The van der Waals surface area contributed by atoms with Crippen molar-refractivity contribution in [2.45, 2.75) is 19.6 Å². The smallest absolute Gasteiger partial charge is 0.213 e. The summed E-state index contributed by atoms with van der Waals surface area (Å²) in [7, 11) is -3.48. The lowest BCUT2D eigenvalue weighted by molar-refractivity contribution is 0.478. The fraction of sp³-hybridized carbons (Fsp3) is 0.385. The zero-order valence-electron chi connectivity index (χ0n) is 10.8. The first-order chi connectivity index (χ1) is 8.78. The van der Waals surface area contributed by atoms with Crippen LogP contribution in [0.3, 0.4) is 0 Å². The molecule has 0 saturated heterocycles. The number of nitriles is 2. The molecule has 6 heteroatoms. The summed E-state index contributed by atoms with van der Waals surface area (Å²) in [5.74, 6) is -0.166. The van der Waals surface area contributed by atoms with Gasteiger partial charge in [0.2, 0.25) is 10.0 Å². The Morgan fingerprint density at radius 2 is 1.79 bits per heavy atom. The number of hydrogen-bond acceptors (Lipinski definition) is 4. The van der Waals surface area contributed by atoms with Gasteiger partial charge in [0, 0.05) is 6.54 Å². The molecular formula is C13H15N3O2S. The molecule has 0 spiro atoms. The first kappa shape index (κ1) is 15.2. The van der Waals surface area contributed by atoms with Gasteiger partial charge >= 0.3 is 0 Å². The van der Waals surface area contributed by atoms with Crippen molar-refractivity contribution in [3.8, 4) is 12.1 Å². The SMILES string of the molecule is CC(C)(C#N)CNS(=O)(=O)Cc1ccc(C#N)cc1. The molecule has 100 valence electrons. The fourth-order valence-electron chi connectivity index (χ4n) is 1.28. The molecule has 0 atom stereocenters. The van der Waals surface area contributed by atoms with Gasteiger partial charge in [-0.05, 0) is 31.5 Å². The lowest BCUT2D eigenvalue weighted by Crippen LogP contribution is -2.33. The van der Waals surface area contributed by atoms with E-state index in [4.69, 9.17) is 10.5 Å². The third kappa shape index (κ3) is 5.09. The number of nitrogens with zero attached hydrogens (tertiary/aromatic N) is 2. The van der Waals surface area contributed by atoms with Crippen molar-refractivity contribution in [2.75, 3.05) is 6.54 Å². The fourth-order valence-corrected chi connectivity index (χ4v) is 2.59. The van der Waals surface area contributed by atoms with E-state index in [-0.39, 0.29) is 12.3 Å². The summed E-state index contributed by atoms with van der Waals surface area (Å²) in [5, 5.41) is 17.5. The molecule has 1 N–H and O–H groups in total. The Hall–Kier alpha value is -1.89. The monoisotopic (exact) mass is 277 g/mol. The van der Waals surface area contributed by atoms with Crippen molar-refractivity contribution in [1.82, 2.24) is 4.72 Å². The minimum atomic E-state index is -3.48. The summed E-state index contributed by atoms with van der Waals surface area (Å²) in [5.41, 5.74) is 0.346. The van der Waals surface area contributed by atoms with Gasteiger partial charge in [-0.15, -0.1) is 0 Å². The standard InChI is InChI=1S/C13H15N3O2S/c1-13(2,9-15)10-16-19(17,18)8-12-5-3-11(7-14)4-6-12/h3-6,16H,8,10H2,1-2H3. The molecule has 0 aliphatic heterocycles. The minimum Gasteiger partial charge on any atom is -0.213 e. The molecule has 0 saturated carbocycles. The number of benzene rings is 1. The van der Waals surface area contributed by atoms with Crippen LogP contribution in [0.4, 0.5) is 0 Å². The van der Waals surface area contributed by atoms with Crippen LogP contribution in [0.2, 0.25) is 0 Å². The molecule has 0 amide bonds. The number of sulfonamides is 1. The Morgan fingerprint density at radius 3 is 2.26 bits per heavy atom. The molecular weight excluding hydrogens is 262 g/mol. The predicted molar refractivity (Wildman–Crippen MR) is 71.2 cm³/mol. The summed E-state index contributed by atoms with van der Waals surface area (Å²) in [6, 6.07) is 10.4. The number of nitrogens with one attached hydrogen (secondary N) is 1. The zero-order chi connectivity index (χ0) is 14.5. The molecule has 1 aromatic carbocycles. The van der Waals surface area contributed by atoms with Gasteiger partial charge in [-0.3, -0.25) is 0 Å². The molecule has 1 aromatic rings. The average Bonchev–Trinajstić information content (AvgIpc) is 2.37. The molecule has 19 heavy (non-hydrogen) atoms. The normalized spacial score (nSPS) is 11.6. The maximum Gasteiger partial charge on any atom is 0.215 e. The Bertz CT molecular complexity index is 619. The van der Waals surface area contributed by atoms with E-state index in [1.807, 2.05) is 12.1 Å². The Kier molecular flexibility index (Phi) is 4.66. The molecule has 0 bridgehead atoms. The molecule has 1 rings (SSSR count). The first-order valence-corrected chi connectivity index (χ1v) is 7.31. The van der Waals surface area contributed by atoms with Gasteiger partial charge in [0.15, 0.2) is 0 Å². The van der Waals surface area contributed by atoms with Crippen molar-refractivity contribution in [1.29, 1.82) is 10.5 Å². The highest BCUT2D eigenvalue weighted by Crippen LogP contribution is 2.13. The first-order valence-electron chi connectivity index (χ1n) is 5.66. The molecule has 0 unspecified atom stereocenters. The lowest BCUT2D eigenvalue weighted by Gasteiger charge is -2.15. The van der Waals surface area contributed by atoms with Gasteiger partial charge in [0.05, 0.1) is 28.9 Å². The summed E-state index contributed by atoms with van der Waals surface area (Å²) >= 11 is 0. The topological polar surface area (TPSA) is 93.8 Å². The highest BCUT2D eigenvalue weighted by atomic mass is 32.2. The van der Waals surface area contributed by atoms with Crippen molar-refractivity contribution >= 4 is 10.0 Å². The van der Waals surface area contributed by atoms with Crippen LogP contribution in [-0.4, -0.2) is 15.0 Å². The second-order valence-electron chi connectivity index (χ2n) is 4.88. The van der Waals surface area contributed by atoms with Gasteiger partial charge in [-0.2, -0.15) is 10.5 Å². The van der Waals surface area contributed by atoms with Crippen LogP contribution in [-0.2, 0) is 15.8 Å². The number of hydrogen-bond donors (Lipinski definition) is 1. The molecule has 0 aliphatic rings. The van der Waals surface area contributed by atoms with E-state index in [2.05, 4.69) is 4.72 Å². The van der Waals surface area contributed by atoms with Crippen LogP contribution in [0.15, 0.2) is 24.3 Å². The maximum absolute atomic E-state index is 11.8. The van der Waals surface area contributed by atoms with Gasteiger partial charge in [-0.25, -0.2) is 13.1 Å². The zero-order valence-corrected chi connectivity index (χ0v) is 11.7. The van der Waals surface area contributed by atoms with Gasteiger partial charge in [0.25, 0.3) is 0 Å². The van der Waals surface area contributed by atoms with E-state index in [9.17, 15) is 8.42 Å². The maximum atomic E-state index is 11.8. The third-order valence-corrected chi connectivity index (χ3v) is 3.77. The molecule has 0 aromatic heterocycles. The van der Waals surface area contributed by atoms with Crippen LogP contribution in [0, 0.1) is 28.1 Å².